The van der Waals surface area contributed by atoms with Crippen LogP contribution >= 0.6 is 11.6 Å². The molecule has 0 aliphatic carbocycles. The number of rotatable bonds is 5. The summed E-state index contributed by atoms with van der Waals surface area (Å²) in [4.78, 5) is 28.8. The Balaban J connectivity index is 1.62. The molecular formula is C17H19ClN4O4. The number of amides is 2. The number of hydrogen-bond acceptors (Lipinski definition) is 5. The summed E-state index contributed by atoms with van der Waals surface area (Å²) in [5.74, 6) is 0.00243. The number of aliphatic carboxylic acids is 1. The lowest BCUT2D eigenvalue weighted by Gasteiger charge is -2.31. The molecule has 1 aromatic carbocycles. The Morgan fingerprint density at radius 2 is 2.12 bits per heavy atom. The van der Waals surface area contributed by atoms with Gasteiger partial charge in [0, 0.05) is 30.2 Å². The molecule has 1 aliphatic rings. The van der Waals surface area contributed by atoms with Crippen molar-refractivity contribution < 1.29 is 19.2 Å². The van der Waals surface area contributed by atoms with Gasteiger partial charge in [0.1, 0.15) is 0 Å². The highest BCUT2D eigenvalue weighted by Gasteiger charge is 2.28. The van der Waals surface area contributed by atoms with Crippen LogP contribution in [0.1, 0.15) is 31.1 Å². The second-order valence-corrected chi connectivity index (χ2v) is 6.56. The number of benzene rings is 1. The Labute approximate surface area is 155 Å². The number of hydrogen-bond donors (Lipinski definition) is 2. The van der Waals surface area contributed by atoms with Crippen LogP contribution in [-0.2, 0) is 4.79 Å². The third-order valence-corrected chi connectivity index (χ3v) is 4.47. The van der Waals surface area contributed by atoms with Crippen molar-refractivity contribution in [1.82, 2.24) is 20.4 Å². The van der Waals surface area contributed by atoms with Gasteiger partial charge in [-0.25, -0.2) is 4.79 Å². The van der Waals surface area contributed by atoms with Gasteiger partial charge >= 0.3 is 12.0 Å². The number of carbonyl (C=O) groups excluding carboxylic acids is 1. The van der Waals surface area contributed by atoms with Crippen molar-refractivity contribution in [2.45, 2.75) is 25.2 Å². The topological polar surface area (TPSA) is 109 Å². The number of likely N-dealkylation sites (tertiary alicyclic amines) is 1. The average molecular weight is 379 g/mol. The van der Waals surface area contributed by atoms with E-state index in [0.717, 1.165) is 18.4 Å². The second-order valence-electron chi connectivity index (χ2n) is 6.12. The van der Waals surface area contributed by atoms with Gasteiger partial charge in [-0.1, -0.05) is 16.8 Å². The van der Waals surface area contributed by atoms with Crippen molar-refractivity contribution in [2.75, 3.05) is 19.6 Å². The molecule has 1 aliphatic heterocycles. The van der Waals surface area contributed by atoms with Crippen LogP contribution in [0.25, 0.3) is 11.4 Å². The minimum Gasteiger partial charge on any atom is -0.481 e. The van der Waals surface area contributed by atoms with Crippen molar-refractivity contribution in [1.29, 1.82) is 0 Å². The minimum absolute atomic E-state index is 0.0393. The lowest BCUT2D eigenvalue weighted by atomic mass is 9.98. The van der Waals surface area contributed by atoms with E-state index in [4.69, 9.17) is 21.2 Å². The molecule has 2 aromatic rings. The van der Waals surface area contributed by atoms with E-state index >= 15 is 0 Å². The summed E-state index contributed by atoms with van der Waals surface area (Å²) < 4.78 is 5.40. The summed E-state index contributed by atoms with van der Waals surface area (Å²) in [6.45, 7) is 1.19. The molecule has 138 valence electrons. The van der Waals surface area contributed by atoms with E-state index in [1.54, 1.807) is 17.0 Å². The monoisotopic (exact) mass is 378 g/mol. The lowest BCUT2D eigenvalue weighted by Crippen LogP contribution is -2.45. The molecule has 9 heteroatoms. The molecule has 2 heterocycles. The summed E-state index contributed by atoms with van der Waals surface area (Å²) in [6.07, 6.45) is 1.56. The molecule has 2 amide bonds. The first-order chi connectivity index (χ1) is 12.5. The predicted octanol–water partition coefficient (Wildman–Crippen LogP) is 2.75. The van der Waals surface area contributed by atoms with Crippen LogP contribution in [-0.4, -0.2) is 51.8 Å². The smallest absolute Gasteiger partial charge is 0.317 e. The number of piperidine rings is 1. The Morgan fingerprint density at radius 1 is 1.35 bits per heavy atom. The maximum Gasteiger partial charge on any atom is 0.317 e. The van der Waals surface area contributed by atoms with E-state index in [9.17, 15) is 9.59 Å². The number of nitrogens with zero attached hydrogens (tertiary/aromatic N) is 3. The molecule has 8 nitrogen and oxygen atoms in total. The van der Waals surface area contributed by atoms with Crippen LogP contribution in [0.2, 0.25) is 5.02 Å². The fraction of sp³-hybridized carbons (Fsp3) is 0.412. The van der Waals surface area contributed by atoms with Gasteiger partial charge in [-0.3, -0.25) is 4.79 Å². The summed E-state index contributed by atoms with van der Waals surface area (Å²) in [5, 5.41) is 15.9. The van der Waals surface area contributed by atoms with Crippen LogP contribution in [0.15, 0.2) is 28.8 Å². The summed E-state index contributed by atoms with van der Waals surface area (Å²) in [6, 6.07) is 6.89. The quantitative estimate of drug-likeness (QED) is 0.828. The first-order valence-corrected chi connectivity index (χ1v) is 8.75. The van der Waals surface area contributed by atoms with Gasteiger partial charge in [-0.05, 0) is 37.1 Å². The van der Waals surface area contributed by atoms with Crippen LogP contribution in [0.4, 0.5) is 4.79 Å². The molecular weight excluding hydrogens is 360 g/mol. The number of nitrogens with one attached hydrogen (secondary N) is 1. The lowest BCUT2D eigenvalue weighted by molar-refractivity contribution is -0.136. The molecule has 1 aromatic heterocycles. The van der Waals surface area contributed by atoms with Crippen LogP contribution < -0.4 is 5.32 Å². The molecule has 0 bridgehead atoms. The summed E-state index contributed by atoms with van der Waals surface area (Å²) >= 11 is 5.89. The number of carbonyl (C=O) groups is 2. The van der Waals surface area contributed by atoms with Gasteiger partial charge < -0.3 is 19.8 Å². The number of carboxylic acid groups (broad SMARTS) is 1. The number of aromatic nitrogens is 2. The zero-order valence-electron chi connectivity index (χ0n) is 14.0. The van der Waals surface area contributed by atoms with Crippen LogP contribution in [0.3, 0.4) is 0 Å². The van der Waals surface area contributed by atoms with E-state index in [2.05, 4.69) is 15.5 Å². The van der Waals surface area contributed by atoms with Crippen molar-refractivity contribution >= 4 is 23.6 Å². The van der Waals surface area contributed by atoms with E-state index < -0.39 is 5.97 Å². The average Bonchev–Trinajstić information content (AvgIpc) is 3.12. The van der Waals surface area contributed by atoms with E-state index in [0.29, 0.717) is 29.8 Å². The Kier molecular flexibility index (Phi) is 5.72. The van der Waals surface area contributed by atoms with Gasteiger partial charge in [0.05, 0.1) is 12.3 Å². The zero-order valence-corrected chi connectivity index (χ0v) is 14.8. The molecule has 26 heavy (non-hydrogen) atoms. The van der Waals surface area contributed by atoms with E-state index in [1.807, 2.05) is 12.1 Å². The third-order valence-electron chi connectivity index (χ3n) is 4.22. The normalized spacial score (nSPS) is 17.1. The highest BCUT2D eigenvalue weighted by molar-refractivity contribution is 6.30. The largest absolute Gasteiger partial charge is 0.481 e. The van der Waals surface area contributed by atoms with Gasteiger partial charge in [0.25, 0.3) is 0 Å². The number of carboxylic acids is 1. The van der Waals surface area contributed by atoms with Crippen LogP contribution in [0.5, 0.6) is 0 Å². The van der Waals surface area contributed by atoms with Crippen molar-refractivity contribution in [3.8, 4) is 11.4 Å². The fourth-order valence-electron chi connectivity index (χ4n) is 2.87. The number of halogens is 1. The second kappa shape index (κ2) is 8.18. The molecule has 1 saturated heterocycles. The van der Waals surface area contributed by atoms with Crippen molar-refractivity contribution in [2.24, 2.45) is 0 Å². The molecule has 0 spiro atoms. The van der Waals surface area contributed by atoms with Crippen LogP contribution in [0, 0.1) is 0 Å². The van der Waals surface area contributed by atoms with E-state index in [-0.39, 0.29) is 24.9 Å². The maximum absolute atomic E-state index is 12.2. The third kappa shape index (κ3) is 4.51. The molecule has 1 unspecified atom stereocenters. The Morgan fingerprint density at radius 3 is 2.85 bits per heavy atom. The Hall–Kier alpha value is -2.61. The Bertz CT molecular complexity index is 777. The van der Waals surface area contributed by atoms with Crippen molar-refractivity contribution in [3.05, 3.63) is 35.2 Å². The summed E-state index contributed by atoms with van der Waals surface area (Å²) in [5.41, 5.74) is 0.809. The molecule has 3 rings (SSSR count). The van der Waals surface area contributed by atoms with Gasteiger partial charge in [-0.15, -0.1) is 0 Å². The first kappa shape index (κ1) is 18.2. The zero-order chi connectivity index (χ0) is 18.5. The highest BCUT2D eigenvalue weighted by Crippen LogP contribution is 2.28. The molecule has 0 saturated carbocycles. The summed E-state index contributed by atoms with van der Waals surface area (Å²) in [7, 11) is 0. The van der Waals surface area contributed by atoms with E-state index in [1.165, 1.54) is 0 Å². The number of urea groups is 1. The predicted molar refractivity (Wildman–Crippen MR) is 93.9 cm³/mol. The maximum atomic E-state index is 12.2. The SMILES string of the molecule is O=C(O)CCNC(=O)N1CCCC(c2nc(-c3ccc(Cl)cc3)no2)C1. The van der Waals surface area contributed by atoms with Gasteiger partial charge in [0.2, 0.25) is 11.7 Å². The molecule has 1 fully saturated rings. The molecule has 0 radical (unpaired) electrons. The standard InChI is InChI=1S/C17H19ClN4O4/c18-13-5-3-11(4-6-13)15-20-16(26-21-15)12-2-1-9-22(10-12)17(25)19-8-7-14(23)24/h3-6,12H,1-2,7-10H2,(H,19,25)(H,23,24). The minimum atomic E-state index is -0.942. The molecule has 2 N–H and O–H groups in total. The van der Waals surface area contributed by atoms with Gasteiger partial charge in [0.15, 0.2) is 0 Å². The first-order valence-electron chi connectivity index (χ1n) is 8.37. The fourth-order valence-corrected chi connectivity index (χ4v) is 2.99. The highest BCUT2D eigenvalue weighted by atomic mass is 35.5. The van der Waals surface area contributed by atoms with Gasteiger partial charge in [-0.2, -0.15) is 4.98 Å². The van der Waals surface area contributed by atoms with Crippen molar-refractivity contribution in [3.63, 3.8) is 0 Å². The molecule has 1 atom stereocenters.